The lowest BCUT2D eigenvalue weighted by atomic mass is 9.47. The first kappa shape index (κ1) is 17.3. The minimum absolute atomic E-state index is 0.0654. The molecular weight excluding hydrogens is 288 g/mol. The Morgan fingerprint density at radius 2 is 1.61 bits per heavy atom. The monoisotopic (exact) mass is 322 g/mol. The lowest BCUT2D eigenvalue weighted by Crippen LogP contribution is -2.61. The van der Waals surface area contributed by atoms with Gasteiger partial charge in [-0.2, -0.15) is 0 Å². The SMILES string of the molecule is CCC(C)(C)C(=O)OCOC1(C(C)C)C2CC3CC(C2)CC1C3. The molecule has 4 rings (SSSR count). The van der Waals surface area contributed by atoms with E-state index in [0.29, 0.717) is 17.8 Å². The van der Waals surface area contributed by atoms with Crippen LogP contribution in [0.3, 0.4) is 0 Å². The summed E-state index contributed by atoms with van der Waals surface area (Å²) in [4.78, 5) is 12.2. The highest BCUT2D eigenvalue weighted by Gasteiger charge is 2.59. The highest BCUT2D eigenvalue weighted by molar-refractivity contribution is 5.75. The van der Waals surface area contributed by atoms with Crippen molar-refractivity contribution in [1.29, 1.82) is 0 Å². The molecule has 132 valence electrons. The second-order valence-electron chi connectivity index (χ2n) is 9.24. The summed E-state index contributed by atoms with van der Waals surface area (Å²) in [5.41, 5.74) is -0.484. The van der Waals surface area contributed by atoms with E-state index in [-0.39, 0.29) is 18.4 Å². The van der Waals surface area contributed by atoms with E-state index in [1.54, 1.807) is 0 Å². The topological polar surface area (TPSA) is 35.5 Å². The predicted octanol–water partition coefficient (Wildman–Crippen LogP) is 4.79. The van der Waals surface area contributed by atoms with Gasteiger partial charge in [0.2, 0.25) is 0 Å². The molecule has 4 aliphatic rings. The van der Waals surface area contributed by atoms with Gasteiger partial charge in [-0.05, 0) is 82.0 Å². The van der Waals surface area contributed by atoms with E-state index in [1.807, 2.05) is 20.8 Å². The van der Waals surface area contributed by atoms with E-state index < -0.39 is 5.41 Å². The summed E-state index contributed by atoms with van der Waals surface area (Å²) in [7, 11) is 0. The lowest BCUT2D eigenvalue weighted by molar-refractivity contribution is -0.258. The maximum atomic E-state index is 12.2. The van der Waals surface area contributed by atoms with E-state index in [1.165, 1.54) is 32.1 Å². The maximum Gasteiger partial charge on any atom is 0.313 e. The van der Waals surface area contributed by atoms with E-state index in [2.05, 4.69) is 13.8 Å². The summed E-state index contributed by atoms with van der Waals surface area (Å²) in [5, 5.41) is 0. The van der Waals surface area contributed by atoms with Crippen LogP contribution in [0.4, 0.5) is 0 Å². The smallest absolute Gasteiger partial charge is 0.313 e. The minimum Gasteiger partial charge on any atom is -0.438 e. The Bertz CT molecular complexity index is 424. The molecule has 0 N–H and O–H groups in total. The van der Waals surface area contributed by atoms with Gasteiger partial charge in [-0.1, -0.05) is 20.8 Å². The number of hydrogen-bond acceptors (Lipinski definition) is 3. The third-order valence-electron chi connectivity index (χ3n) is 7.25. The summed E-state index contributed by atoms with van der Waals surface area (Å²) in [6.45, 7) is 10.6. The summed E-state index contributed by atoms with van der Waals surface area (Å²) < 4.78 is 12.0. The second kappa shape index (κ2) is 6.06. The maximum absolute atomic E-state index is 12.2. The number of ether oxygens (including phenoxy) is 2. The van der Waals surface area contributed by atoms with E-state index in [9.17, 15) is 4.79 Å². The fourth-order valence-electron chi connectivity index (χ4n) is 5.79. The van der Waals surface area contributed by atoms with Crippen LogP contribution in [0.15, 0.2) is 0 Å². The lowest BCUT2D eigenvalue weighted by Gasteiger charge is -2.62. The van der Waals surface area contributed by atoms with Crippen LogP contribution >= 0.6 is 0 Å². The molecule has 0 atom stereocenters. The van der Waals surface area contributed by atoms with Gasteiger partial charge in [-0.25, -0.2) is 0 Å². The quantitative estimate of drug-likeness (QED) is 0.521. The highest BCUT2D eigenvalue weighted by Crippen LogP contribution is 2.61. The Morgan fingerprint density at radius 1 is 1.09 bits per heavy atom. The van der Waals surface area contributed by atoms with Crippen molar-refractivity contribution in [1.82, 2.24) is 0 Å². The predicted molar refractivity (Wildman–Crippen MR) is 90.7 cm³/mol. The van der Waals surface area contributed by atoms with Crippen LogP contribution in [0.1, 0.15) is 73.1 Å². The van der Waals surface area contributed by atoms with Crippen LogP contribution in [-0.4, -0.2) is 18.4 Å². The zero-order valence-corrected chi connectivity index (χ0v) is 15.6. The molecular formula is C20H34O3. The fourth-order valence-corrected chi connectivity index (χ4v) is 5.79. The Labute approximate surface area is 141 Å². The number of hydrogen-bond donors (Lipinski definition) is 0. The Hall–Kier alpha value is -0.570. The van der Waals surface area contributed by atoms with Gasteiger partial charge in [0.05, 0.1) is 11.0 Å². The average molecular weight is 322 g/mol. The number of carbonyl (C=O) groups excluding carboxylic acids is 1. The standard InChI is InChI=1S/C20H34O3/c1-6-19(4,5)18(21)22-12-23-20(13(2)3)16-8-14-7-15(10-16)11-17(20)9-14/h13-17H,6-12H2,1-5H3. The van der Waals surface area contributed by atoms with Crippen LogP contribution in [0.5, 0.6) is 0 Å². The molecule has 0 unspecified atom stereocenters. The van der Waals surface area contributed by atoms with Crippen LogP contribution in [0.25, 0.3) is 0 Å². The van der Waals surface area contributed by atoms with E-state index in [0.717, 1.165) is 18.3 Å². The van der Waals surface area contributed by atoms with E-state index >= 15 is 0 Å². The molecule has 23 heavy (non-hydrogen) atoms. The zero-order valence-electron chi connectivity index (χ0n) is 15.6. The first-order valence-electron chi connectivity index (χ1n) is 9.60. The summed E-state index contributed by atoms with van der Waals surface area (Å²) in [5.74, 6) is 3.52. The molecule has 0 aromatic heterocycles. The molecule has 3 nitrogen and oxygen atoms in total. The van der Waals surface area contributed by atoms with Gasteiger partial charge < -0.3 is 9.47 Å². The average Bonchev–Trinajstić information content (AvgIpc) is 2.48. The fraction of sp³-hybridized carbons (Fsp3) is 0.950. The first-order valence-corrected chi connectivity index (χ1v) is 9.60. The van der Waals surface area contributed by atoms with Crippen molar-refractivity contribution in [2.75, 3.05) is 6.79 Å². The molecule has 0 aromatic carbocycles. The van der Waals surface area contributed by atoms with Crippen LogP contribution < -0.4 is 0 Å². The van der Waals surface area contributed by atoms with Crippen molar-refractivity contribution in [2.24, 2.45) is 35.0 Å². The van der Waals surface area contributed by atoms with Gasteiger partial charge in [0, 0.05) is 0 Å². The molecule has 4 aliphatic carbocycles. The number of rotatable bonds is 6. The molecule has 0 saturated heterocycles. The molecule has 3 heteroatoms. The molecule has 0 amide bonds. The minimum atomic E-state index is -0.418. The second-order valence-corrected chi connectivity index (χ2v) is 9.24. The normalized spacial score (nSPS) is 39.0. The highest BCUT2D eigenvalue weighted by atomic mass is 16.7. The number of carbonyl (C=O) groups is 1. The third-order valence-corrected chi connectivity index (χ3v) is 7.25. The largest absolute Gasteiger partial charge is 0.438 e. The van der Waals surface area contributed by atoms with Crippen LogP contribution in [0, 0.1) is 35.0 Å². The van der Waals surface area contributed by atoms with Crippen molar-refractivity contribution in [3.8, 4) is 0 Å². The van der Waals surface area contributed by atoms with Gasteiger partial charge in [-0.15, -0.1) is 0 Å². The molecule has 0 aromatic rings. The van der Waals surface area contributed by atoms with Crippen molar-refractivity contribution in [2.45, 2.75) is 78.7 Å². The van der Waals surface area contributed by atoms with Gasteiger partial charge in [0.25, 0.3) is 0 Å². The Morgan fingerprint density at radius 3 is 2.04 bits per heavy atom. The van der Waals surface area contributed by atoms with Crippen molar-refractivity contribution in [3.05, 3.63) is 0 Å². The third kappa shape index (κ3) is 2.83. The summed E-state index contributed by atoms with van der Waals surface area (Å²) in [6, 6.07) is 0. The Balaban J connectivity index is 1.67. The molecule has 4 fully saturated rings. The van der Waals surface area contributed by atoms with Crippen molar-refractivity contribution < 1.29 is 14.3 Å². The van der Waals surface area contributed by atoms with Gasteiger partial charge >= 0.3 is 5.97 Å². The van der Waals surface area contributed by atoms with Gasteiger partial charge in [0.1, 0.15) is 0 Å². The van der Waals surface area contributed by atoms with Gasteiger partial charge in [0.15, 0.2) is 6.79 Å². The van der Waals surface area contributed by atoms with Crippen LogP contribution in [0.2, 0.25) is 0 Å². The van der Waals surface area contributed by atoms with Gasteiger partial charge in [-0.3, -0.25) is 4.79 Å². The molecule has 0 radical (unpaired) electrons. The molecule has 0 heterocycles. The molecule has 4 bridgehead atoms. The van der Waals surface area contributed by atoms with Crippen molar-refractivity contribution >= 4 is 5.97 Å². The Kier molecular flexibility index (Phi) is 4.54. The number of esters is 1. The summed E-state index contributed by atoms with van der Waals surface area (Å²) in [6.07, 6.45) is 7.51. The zero-order chi connectivity index (χ0) is 16.8. The van der Waals surface area contributed by atoms with Crippen molar-refractivity contribution in [3.63, 3.8) is 0 Å². The van der Waals surface area contributed by atoms with E-state index in [4.69, 9.17) is 9.47 Å². The molecule has 0 spiro atoms. The van der Waals surface area contributed by atoms with Crippen LogP contribution in [-0.2, 0) is 14.3 Å². The molecule has 4 saturated carbocycles. The summed E-state index contributed by atoms with van der Waals surface area (Å²) >= 11 is 0. The molecule has 0 aliphatic heterocycles. The first-order chi connectivity index (χ1) is 10.8.